The van der Waals surface area contributed by atoms with Gasteiger partial charge in [0.1, 0.15) is 0 Å². The first kappa shape index (κ1) is 12.5. The Morgan fingerprint density at radius 1 is 1.41 bits per heavy atom. The van der Waals surface area contributed by atoms with Crippen molar-refractivity contribution in [2.45, 2.75) is 50.1 Å². The minimum Gasteiger partial charge on any atom is -0.262 e. The van der Waals surface area contributed by atoms with Gasteiger partial charge in [-0.05, 0) is 12.8 Å². The molecule has 0 aromatic carbocycles. The van der Waals surface area contributed by atoms with Crippen LogP contribution in [0.5, 0.6) is 0 Å². The maximum Gasteiger partial charge on any atom is 0.260 e. The van der Waals surface area contributed by atoms with E-state index in [2.05, 4.69) is 5.10 Å². The molecule has 2 rings (SSSR count). The number of primary sulfonamides is 1. The molecule has 5 nitrogen and oxygen atoms in total. The Morgan fingerprint density at radius 3 is 2.29 bits per heavy atom. The van der Waals surface area contributed by atoms with E-state index in [1.165, 1.54) is 4.68 Å². The average Bonchev–Trinajstić information content (AvgIpc) is 2.85. The molecule has 2 N–H and O–H groups in total. The smallest absolute Gasteiger partial charge is 0.260 e. The maximum atomic E-state index is 14.1. The first-order chi connectivity index (χ1) is 7.62. The van der Waals surface area contributed by atoms with E-state index in [4.69, 9.17) is 5.14 Å². The Kier molecular flexibility index (Phi) is 2.59. The van der Waals surface area contributed by atoms with Crippen molar-refractivity contribution in [1.29, 1.82) is 0 Å². The Bertz CT molecular complexity index is 553. The zero-order chi connectivity index (χ0) is 13.0. The third-order valence-electron chi connectivity index (χ3n) is 2.70. The molecule has 0 saturated heterocycles. The fourth-order valence-electron chi connectivity index (χ4n) is 1.83. The third-order valence-corrected chi connectivity index (χ3v) is 3.50. The third kappa shape index (κ3) is 2.21. The highest BCUT2D eigenvalue weighted by Crippen LogP contribution is 2.40. The van der Waals surface area contributed by atoms with E-state index in [9.17, 15) is 12.8 Å². The van der Waals surface area contributed by atoms with E-state index in [-0.39, 0.29) is 6.04 Å². The van der Waals surface area contributed by atoms with Crippen molar-refractivity contribution in [2.24, 2.45) is 5.14 Å². The predicted molar refractivity (Wildman–Crippen MR) is 60.5 cm³/mol. The lowest BCUT2D eigenvalue weighted by Crippen LogP contribution is -2.19. The lowest BCUT2D eigenvalue weighted by Gasteiger charge is -2.20. The lowest BCUT2D eigenvalue weighted by molar-refractivity contribution is 0.459. The molecule has 1 aromatic heterocycles. The van der Waals surface area contributed by atoms with Crippen molar-refractivity contribution in [3.63, 3.8) is 0 Å². The Hall–Kier alpha value is -0.950. The van der Waals surface area contributed by atoms with E-state index in [0.29, 0.717) is 5.69 Å². The molecule has 1 fully saturated rings. The Morgan fingerprint density at radius 2 is 1.94 bits per heavy atom. The number of aromatic nitrogens is 2. The summed E-state index contributed by atoms with van der Waals surface area (Å²) < 4.78 is 38.1. The molecule has 0 spiro atoms. The van der Waals surface area contributed by atoms with Crippen molar-refractivity contribution >= 4 is 10.0 Å². The van der Waals surface area contributed by atoms with Gasteiger partial charge in [0.15, 0.2) is 5.82 Å². The molecule has 17 heavy (non-hydrogen) atoms. The fourth-order valence-corrected chi connectivity index (χ4v) is 2.38. The number of nitrogens with zero attached hydrogens (tertiary/aromatic N) is 2. The topological polar surface area (TPSA) is 78.0 Å². The van der Waals surface area contributed by atoms with Gasteiger partial charge in [0.05, 0.1) is 11.7 Å². The van der Waals surface area contributed by atoms with Gasteiger partial charge in [0.2, 0.25) is 5.03 Å². The van der Waals surface area contributed by atoms with Crippen molar-refractivity contribution in [3.8, 4) is 0 Å². The number of nitrogens with two attached hydrogens (primary N) is 1. The van der Waals surface area contributed by atoms with E-state index < -0.39 is 26.3 Å². The highest BCUT2D eigenvalue weighted by molar-refractivity contribution is 7.89. The molecular formula is C10H16FN3O2S. The zero-order valence-electron chi connectivity index (χ0n) is 10.1. The van der Waals surface area contributed by atoms with Gasteiger partial charge >= 0.3 is 0 Å². The second kappa shape index (κ2) is 3.52. The molecule has 0 unspecified atom stereocenters. The van der Waals surface area contributed by atoms with Crippen LogP contribution in [-0.2, 0) is 15.4 Å². The summed E-state index contributed by atoms with van der Waals surface area (Å²) in [5.74, 6) is -0.813. The van der Waals surface area contributed by atoms with Crippen LogP contribution in [0.2, 0.25) is 0 Å². The normalized spacial score (nSPS) is 17.5. The van der Waals surface area contributed by atoms with Gasteiger partial charge in [-0.3, -0.25) is 4.68 Å². The number of rotatable bonds is 2. The van der Waals surface area contributed by atoms with E-state index in [1.807, 2.05) is 20.8 Å². The first-order valence-electron chi connectivity index (χ1n) is 5.43. The molecule has 0 atom stereocenters. The van der Waals surface area contributed by atoms with Crippen LogP contribution in [0.4, 0.5) is 4.39 Å². The first-order valence-corrected chi connectivity index (χ1v) is 6.98. The zero-order valence-corrected chi connectivity index (χ0v) is 10.9. The summed E-state index contributed by atoms with van der Waals surface area (Å²) >= 11 is 0. The number of hydrogen-bond donors (Lipinski definition) is 1. The summed E-state index contributed by atoms with van der Waals surface area (Å²) in [6.07, 6.45) is 1.79. The molecule has 96 valence electrons. The lowest BCUT2D eigenvalue weighted by atomic mass is 9.92. The van der Waals surface area contributed by atoms with Crippen molar-refractivity contribution in [2.75, 3.05) is 0 Å². The van der Waals surface area contributed by atoms with E-state index in [1.54, 1.807) is 0 Å². The van der Waals surface area contributed by atoms with Crippen LogP contribution in [0.3, 0.4) is 0 Å². The van der Waals surface area contributed by atoms with Crippen LogP contribution in [0.15, 0.2) is 5.03 Å². The van der Waals surface area contributed by atoms with Crippen LogP contribution in [-0.4, -0.2) is 18.2 Å². The Balaban J connectivity index is 2.68. The molecule has 1 aliphatic rings. The molecular weight excluding hydrogens is 245 g/mol. The van der Waals surface area contributed by atoms with Gasteiger partial charge in [0.25, 0.3) is 10.0 Å². The highest BCUT2D eigenvalue weighted by Gasteiger charge is 2.37. The summed E-state index contributed by atoms with van der Waals surface area (Å²) in [4.78, 5) is 0. The van der Waals surface area contributed by atoms with Crippen LogP contribution in [0.1, 0.15) is 45.3 Å². The molecule has 1 aliphatic carbocycles. The summed E-state index contributed by atoms with van der Waals surface area (Å²) in [7, 11) is -4.11. The predicted octanol–water partition coefficient (Wildman–Crippen LogP) is 1.30. The maximum absolute atomic E-state index is 14.1. The highest BCUT2D eigenvalue weighted by atomic mass is 32.2. The molecule has 1 aromatic rings. The molecule has 0 bridgehead atoms. The van der Waals surface area contributed by atoms with Gasteiger partial charge in [-0.1, -0.05) is 20.8 Å². The monoisotopic (exact) mass is 261 g/mol. The van der Waals surface area contributed by atoms with Crippen LogP contribution < -0.4 is 5.14 Å². The van der Waals surface area contributed by atoms with Crippen LogP contribution in [0, 0.1) is 5.82 Å². The number of halogens is 1. The van der Waals surface area contributed by atoms with Crippen molar-refractivity contribution < 1.29 is 12.8 Å². The SMILES string of the molecule is CC(C)(C)c1c(F)c(S(N)(=O)=O)nn1C1CC1. The van der Waals surface area contributed by atoms with E-state index in [0.717, 1.165) is 12.8 Å². The molecule has 1 heterocycles. The summed E-state index contributed by atoms with van der Waals surface area (Å²) in [5, 5.41) is 8.15. The number of sulfonamides is 1. The van der Waals surface area contributed by atoms with E-state index >= 15 is 0 Å². The molecule has 0 amide bonds. The van der Waals surface area contributed by atoms with Crippen molar-refractivity contribution in [3.05, 3.63) is 11.5 Å². The van der Waals surface area contributed by atoms with Crippen LogP contribution in [0.25, 0.3) is 0 Å². The number of hydrogen-bond acceptors (Lipinski definition) is 3. The van der Waals surface area contributed by atoms with Gasteiger partial charge < -0.3 is 0 Å². The minimum atomic E-state index is -4.11. The quantitative estimate of drug-likeness (QED) is 0.871. The standard InChI is InChI=1S/C10H16FN3O2S/c1-10(2,3)8-7(11)9(17(12,15)16)13-14(8)6-4-5-6/h6H,4-5H2,1-3H3,(H2,12,15,16). The minimum absolute atomic E-state index is 0.106. The van der Waals surface area contributed by atoms with Gasteiger partial charge in [-0.2, -0.15) is 5.10 Å². The Labute approximate surface area is 99.9 Å². The van der Waals surface area contributed by atoms with Crippen molar-refractivity contribution in [1.82, 2.24) is 9.78 Å². The second-order valence-electron chi connectivity index (χ2n) is 5.44. The molecule has 0 aliphatic heterocycles. The fraction of sp³-hybridized carbons (Fsp3) is 0.700. The largest absolute Gasteiger partial charge is 0.262 e. The summed E-state index contributed by atoms with van der Waals surface area (Å²) in [5.41, 5.74) is -0.202. The molecule has 0 radical (unpaired) electrons. The second-order valence-corrected chi connectivity index (χ2v) is 6.92. The van der Waals surface area contributed by atoms with Crippen LogP contribution >= 0.6 is 0 Å². The summed E-state index contributed by atoms with van der Waals surface area (Å²) in [6.45, 7) is 5.46. The molecule has 1 saturated carbocycles. The summed E-state index contributed by atoms with van der Waals surface area (Å²) in [6, 6.07) is 0.106. The van der Waals surface area contributed by atoms with Gasteiger partial charge in [-0.15, -0.1) is 0 Å². The van der Waals surface area contributed by atoms with Gasteiger partial charge in [-0.25, -0.2) is 17.9 Å². The molecule has 7 heteroatoms. The van der Waals surface area contributed by atoms with Gasteiger partial charge in [0, 0.05) is 5.41 Å². The average molecular weight is 261 g/mol.